The van der Waals surface area contributed by atoms with Crippen LogP contribution in [0.2, 0.25) is 0 Å². The van der Waals surface area contributed by atoms with Gasteiger partial charge in [-0.05, 0) is 31.9 Å². The number of alkyl halides is 1. The largest absolute Gasteiger partial charge is 0.444 e. The Morgan fingerprint density at radius 1 is 1.12 bits per heavy atom. The van der Waals surface area contributed by atoms with Crippen LogP contribution in [0.1, 0.15) is 28.3 Å². The van der Waals surface area contributed by atoms with Crippen molar-refractivity contribution in [2.45, 2.75) is 33.0 Å². The fourth-order valence-electron chi connectivity index (χ4n) is 2.31. The molecule has 1 aromatic carbocycles. The minimum atomic E-state index is 0.690. The van der Waals surface area contributed by atoms with Crippen molar-refractivity contribution < 1.29 is 4.42 Å². The van der Waals surface area contributed by atoms with Crippen LogP contribution in [-0.4, -0.2) is 4.98 Å². The molecule has 0 radical (unpaired) electrons. The van der Waals surface area contributed by atoms with Crippen molar-refractivity contribution in [3.8, 4) is 11.3 Å². The van der Waals surface area contributed by atoms with E-state index in [9.17, 15) is 0 Å². The molecule has 0 amide bonds. The first-order chi connectivity index (χ1) is 8.02. The van der Waals surface area contributed by atoms with Gasteiger partial charge in [-0.15, -0.1) is 0 Å². The molecule has 0 saturated heterocycles. The highest BCUT2D eigenvalue weighted by atomic mass is 79.9. The summed E-state index contributed by atoms with van der Waals surface area (Å²) in [5.74, 6) is 1.62. The fraction of sp³-hybridized carbons (Fsp3) is 0.357. The van der Waals surface area contributed by atoms with Crippen molar-refractivity contribution in [3.05, 3.63) is 40.5 Å². The van der Waals surface area contributed by atoms with E-state index in [1.165, 1.54) is 22.3 Å². The molecule has 0 aliphatic carbocycles. The molecule has 0 fully saturated rings. The van der Waals surface area contributed by atoms with Crippen molar-refractivity contribution >= 4 is 15.9 Å². The lowest BCUT2D eigenvalue weighted by atomic mass is 9.97. The van der Waals surface area contributed by atoms with Crippen LogP contribution in [0.5, 0.6) is 0 Å². The predicted molar refractivity (Wildman–Crippen MR) is 73.5 cm³/mol. The Morgan fingerprint density at radius 3 is 2.24 bits per heavy atom. The summed E-state index contributed by atoms with van der Waals surface area (Å²) in [4.78, 5) is 4.51. The molecule has 2 rings (SSSR count). The smallest absolute Gasteiger partial charge is 0.191 e. The van der Waals surface area contributed by atoms with Gasteiger partial charge in [0.15, 0.2) is 5.89 Å². The van der Waals surface area contributed by atoms with Crippen LogP contribution in [0.15, 0.2) is 16.5 Å². The first kappa shape index (κ1) is 12.4. The second kappa shape index (κ2) is 4.65. The number of hydrogen-bond acceptors (Lipinski definition) is 2. The molecule has 1 aromatic heterocycles. The average Bonchev–Trinajstić information content (AvgIpc) is 2.58. The molecule has 0 spiro atoms. The fourth-order valence-corrected chi connectivity index (χ4v) is 2.69. The second-order valence-corrected chi connectivity index (χ2v) is 4.97. The average molecular weight is 294 g/mol. The van der Waals surface area contributed by atoms with E-state index in [0.717, 1.165) is 11.5 Å². The molecule has 2 aromatic rings. The third kappa shape index (κ3) is 2.29. The first-order valence-corrected chi connectivity index (χ1v) is 6.75. The monoisotopic (exact) mass is 293 g/mol. The first-order valence-electron chi connectivity index (χ1n) is 5.63. The van der Waals surface area contributed by atoms with Gasteiger partial charge in [-0.1, -0.05) is 33.6 Å². The molecule has 0 unspecified atom stereocenters. The summed E-state index contributed by atoms with van der Waals surface area (Å²) < 4.78 is 5.60. The molecular formula is C14H16BrNO. The van der Waals surface area contributed by atoms with Crippen LogP contribution in [-0.2, 0) is 5.33 Å². The van der Waals surface area contributed by atoms with Crippen molar-refractivity contribution in [2.75, 3.05) is 0 Å². The zero-order valence-electron chi connectivity index (χ0n) is 10.6. The molecule has 0 aliphatic heterocycles. The molecule has 0 bridgehead atoms. The van der Waals surface area contributed by atoms with E-state index in [2.05, 4.69) is 53.8 Å². The summed E-state index contributed by atoms with van der Waals surface area (Å²) in [6, 6.07) is 4.37. The van der Waals surface area contributed by atoms with Gasteiger partial charge in [0.05, 0.1) is 5.33 Å². The van der Waals surface area contributed by atoms with Gasteiger partial charge in [0, 0.05) is 12.5 Å². The third-order valence-electron chi connectivity index (χ3n) is 2.84. The van der Waals surface area contributed by atoms with Gasteiger partial charge in [-0.2, -0.15) is 0 Å². The number of benzene rings is 1. The second-order valence-electron chi connectivity index (χ2n) is 4.41. The van der Waals surface area contributed by atoms with Crippen molar-refractivity contribution in [2.24, 2.45) is 0 Å². The van der Waals surface area contributed by atoms with E-state index in [-0.39, 0.29) is 0 Å². The van der Waals surface area contributed by atoms with Crippen molar-refractivity contribution in [3.63, 3.8) is 0 Å². The highest BCUT2D eigenvalue weighted by Gasteiger charge is 2.16. The Balaban J connectivity index is 2.67. The summed E-state index contributed by atoms with van der Waals surface area (Å²) in [6.07, 6.45) is 0. The SMILES string of the molecule is Cc1cc(C)c(-c2nc(C)oc2CBr)c(C)c1. The molecule has 0 saturated carbocycles. The standard InChI is InChI=1S/C14H16BrNO/c1-8-5-9(2)13(10(3)6-8)14-12(7-15)17-11(4)16-14/h5-6H,7H2,1-4H3. The number of hydrogen-bond donors (Lipinski definition) is 0. The quantitative estimate of drug-likeness (QED) is 0.764. The molecule has 2 nitrogen and oxygen atoms in total. The van der Waals surface area contributed by atoms with Gasteiger partial charge in [-0.25, -0.2) is 4.98 Å². The van der Waals surface area contributed by atoms with Crippen molar-refractivity contribution in [1.29, 1.82) is 0 Å². The highest BCUT2D eigenvalue weighted by Crippen LogP contribution is 2.31. The molecule has 0 N–H and O–H groups in total. The number of nitrogens with zero attached hydrogens (tertiary/aromatic N) is 1. The summed E-state index contributed by atoms with van der Waals surface area (Å²) >= 11 is 3.45. The lowest BCUT2D eigenvalue weighted by Crippen LogP contribution is -1.92. The van der Waals surface area contributed by atoms with Gasteiger partial charge in [0.1, 0.15) is 11.5 Å². The molecule has 1 heterocycles. The molecular weight excluding hydrogens is 278 g/mol. The number of aromatic nitrogens is 1. The molecule has 90 valence electrons. The van der Waals surface area contributed by atoms with E-state index >= 15 is 0 Å². The summed E-state index contributed by atoms with van der Waals surface area (Å²) in [5, 5.41) is 0.690. The lowest BCUT2D eigenvalue weighted by molar-refractivity contribution is 0.492. The maximum absolute atomic E-state index is 5.60. The Hall–Kier alpha value is -1.09. The normalized spacial score (nSPS) is 10.9. The highest BCUT2D eigenvalue weighted by molar-refractivity contribution is 9.08. The number of rotatable bonds is 2. The number of aryl methyl sites for hydroxylation is 4. The van der Waals surface area contributed by atoms with E-state index in [1.807, 2.05) is 6.92 Å². The molecule has 17 heavy (non-hydrogen) atoms. The van der Waals surface area contributed by atoms with Gasteiger partial charge >= 0.3 is 0 Å². The molecule has 0 atom stereocenters. The van der Waals surface area contributed by atoms with E-state index in [1.54, 1.807) is 0 Å². The zero-order valence-corrected chi connectivity index (χ0v) is 12.2. The van der Waals surface area contributed by atoms with Crippen LogP contribution < -0.4 is 0 Å². The van der Waals surface area contributed by atoms with Crippen LogP contribution in [0.4, 0.5) is 0 Å². The summed E-state index contributed by atoms with van der Waals surface area (Å²) in [5.41, 5.74) is 5.94. The number of halogens is 1. The van der Waals surface area contributed by atoms with Gasteiger partial charge in [0.2, 0.25) is 0 Å². The van der Waals surface area contributed by atoms with Gasteiger partial charge < -0.3 is 4.42 Å². The van der Waals surface area contributed by atoms with E-state index in [0.29, 0.717) is 11.2 Å². The topological polar surface area (TPSA) is 26.0 Å². The summed E-state index contributed by atoms with van der Waals surface area (Å²) in [6.45, 7) is 8.24. The molecule has 0 aliphatic rings. The minimum absolute atomic E-state index is 0.690. The Morgan fingerprint density at radius 2 is 1.71 bits per heavy atom. The van der Waals surface area contributed by atoms with Gasteiger partial charge in [0.25, 0.3) is 0 Å². The van der Waals surface area contributed by atoms with Crippen LogP contribution in [0, 0.1) is 27.7 Å². The maximum Gasteiger partial charge on any atom is 0.191 e. The van der Waals surface area contributed by atoms with Crippen molar-refractivity contribution in [1.82, 2.24) is 4.98 Å². The van der Waals surface area contributed by atoms with E-state index in [4.69, 9.17) is 4.42 Å². The van der Waals surface area contributed by atoms with E-state index < -0.39 is 0 Å². The number of oxazole rings is 1. The molecule has 3 heteroatoms. The predicted octanol–water partition coefficient (Wildman–Crippen LogP) is 4.47. The summed E-state index contributed by atoms with van der Waals surface area (Å²) in [7, 11) is 0. The van der Waals surface area contributed by atoms with Crippen LogP contribution in [0.3, 0.4) is 0 Å². The maximum atomic E-state index is 5.60. The van der Waals surface area contributed by atoms with Crippen LogP contribution in [0.25, 0.3) is 11.3 Å². The Labute approximate surface area is 110 Å². The third-order valence-corrected chi connectivity index (χ3v) is 3.35. The Bertz CT molecular complexity index is 534. The minimum Gasteiger partial charge on any atom is -0.444 e. The zero-order chi connectivity index (χ0) is 12.6. The lowest BCUT2D eigenvalue weighted by Gasteiger charge is -2.09. The van der Waals surface area contributed by atoms with Crippen LogP contribution >= 0.6 is 15.9 Å². The van der Waals surface area contributed by atoms with Gasteiger partial charge in [-0.3, -0.25) is 0 Å². The Kier molecular flexibility index (Phi) is 3.38.